The summed E-state index contributed by atoms with van der Waals surface area (Å²) in [6.07, 6.45) is 0.957. The molecule has 210 valence electrons. The molecular formula is C24H35N5O8S. The van der Waals surface area contributed by atoms with Gasteiger partial charge in [0.05, 0.1) is 6.04 Å². The second kappa shape index (κ2) is 17.0. The van der Waals surface area contributed by atoms with Crippen molar-refractivity contribution in [2.75, 3.05) is 12.0 Å². The first-order valence-corrected chi connectivity index (χ1v) is 13.3. The molecule has 0 aliphatic carbocycles. The van der Waals surface area contributed by atoms with Gasteiger partial charge in [-0.25, -0.2) is 4.79 Å². The average molecular weight is 554 g/mol. The van der Waals surface area contributed by atoms with Crippen LogP contribution in [0.4, 0.5) is 0 Å². The summed E-state index contributed by atoms with van der Waals surface area (Å²) in [5, 5.41) is 26.0. The number of thioether (sulfide) groups is 1. The zero-order valence-corrected chi connectivity index (χ0v) is 21.9. The molecular weight excluding hydrogens is 518 g/mol. The molecule has 1 aromatic rings. The van der Waals surface area contributed by atoms with Gasteiger partial charge < -0.3 is 37.6 Å². The van der Waals surface area contributed by atoms with Crippen LogP contribution < -0.4 is 27.4 Å². The van der Waals surface area contributed by atoms with E-state index in [1.165, 1.54) is 11.8 Å². The number of amides is 4. The fourth-order valence-corrected chi connectivity index (χ4v) is 3.81. The largest absolute Gasteiger partial charge is 0.481 e. The Hall–Kier alpha value is -3.65. The van der Waals surface area contributed by atoms with Crippen LogP contribution in [-0.4, -0.2) is 82.0 Å². The van der Waals surface area contributed by atoms with E-state index in [1.807, 2.05) is 0 Å². The van der Waals surface area contributed by atoms with Gasteiger partial charge in [0.1, 0.15) is 18.1 Å². The summed E-state index contributed by atoms with van der Waals surface area (Å²) < 4.78 is 0. The average Bonchev–Trinajstić information content (AvgIpc) is 2.86. The van der Waals surface area contributed by atoms with Crippen molar-refractivity contribution in [1.82, 2.24) is 16.0 Å². The molecule has 0 aliphatic heterocycles. The van der Waals surface area contributed by atoms with E-state index >= 15 is 0 Å². The van der Waals surface area contributed by atoms with Gasteiger partial charge in [-0.15, -0.1) is 0 Å². The molecule has 0 heterocycles. The van der Waals surface area contributed by atoms with Crippen molar-refractivity contribution in [3.05, 3.63) is 35.9 Å². The Balaban J connectivity index is 2.99. The highest BCUT2D eigenvalue weighted by Crippen LogP contribution is 2.08. The van der Waals surface area contributed by atoms with Gasteiger partial charge in [0.15, 0.2) is 0 Å². The third-order valence-electron chi connectivity index (χ3n) is 5.46. The number of carboxylic acids is 2. The molecule has 0 aromatic heterocycles. The van der Waals surface area contributed by atoms with Gasteiger partial charge in [0.25, 0.3) is 0 Å². The molecule has 1 rings (SSSR count). The summed E-state index contributed by atoms with van der Waals surface area (Å²) in [5.41, 5.74) is 11.5. The fourth-order valence-electron chi connectivity index (χ4n) is 3.34. The van der Waals surface area contributed by atoms with Gasteiger partial charge in [0, 0.05) is 19.3 Å². The van der Waals surface area contributed by atoms with E-state index in [4.69, 9.17) is 16.6 Å². The van der Waals surface area contributed by atoms with E-state index in [-0.39, 0.29) is 32.1 Å². The summed E-state index contributed by atoms with van der Waals surface area (Å²) in [5.74, 6) is -5.06. The first kappa shape index (κ1) is 32.4. The number of hydrogen-bond donors (Lipinski definition) is 7. The van der Waals surface area contributed by atoms with Gasteiger partial charge in [-0.2, -0.15) is 11.8 Å². The van der Waals surface area contributed by atoms with Crippen molar-refractivity contribution in [2.45, 2.75) is 62.7 Å². The zero-order valence-electron chi connectivity index (χ0n) is 21.1. The highest BCUT2D eigenvalue weighted by atomic mass is 32.2. The van der Waals surface area contributed by atoms with Crippen molar-refractivity contribution in [2.24, 2.45) is 11.5 Å². The minimum absolute atomic E-state index is 0.0194. The molecule has 0 saturated heterocycles. The zero-order chi connectivity index (χ0) is 28.7. The quantitative estimate of drug-likeness (QED) is 0.117. The Morgan fingerprint density at radius 3 is 1.89 bits per heavy atom. The molecule has 38 heavy (non-hydrogen) atoms. The number of carbonyl (C=O) groups excluding carboxylic acids is 4. The number of nitrogens with two attached hydrogens (primary N) is 2. The second-order valence-corrected chi connectivity index (χ2v) is 9.52. The molecule has 1 aromatic carbocycles. The molecule has 14 heteroatoms. The van der Waals surface area contributed by atoms with Crippen LogP contribution in [0.15, 0.2) is 30.3 Å². The Kier molecular flexibility index (Phi) is 14.5. The lowest BCUT2D eigenvalue weighted by atomic mass is 10.0. The lowest BCUT2D eigenvalue weighted by molar-refractivity contribution is -0.142. The van der Waals surface area contributed by atoms with Crippen molar-refractivity contribution in [3.63, 3.8) is 0 Å². The number of aliphatic carboxylic acids is 2. The Labute approximate surface area is 224 Å². The van der Waals surface area contributed by atoms with E-state index in [0.717, 1.165) is 0 Å². The van der Waals surface area contributed by atoms with Gasteiger partial charge >= 0.3 is 11.9 Å². The molecule has 0 saturated carbocycles. The van der Waals surface area contributed by atoms with Crippen LogP contribution in [-0.2, 0) is 35.2 Å². The molecule has 0 spiro atoms. The van der Waals surface area contributed by atoms with Crippen LogP contribution in [0.2, 0.25) is 0 Å². The molecule has 0 aliphatic rings. The van der Waals surface area contributed by atoms with E-state index in [2.05, 4.69) is 16.0 Å². The van der Waals surface area contributed by atoms with Crippen LogP contribution in [0.3, 0.4) is 0 Å². The van der Waals surface area contributed by atoms with Crippen LogP contribution in [0, 0.1) is 0 Å². The summed E-state index contributed by atoms with van der Waals surface area (Å²) in [7, 11) is 0. The molecule has 0 radical (unpaired) electrons. The number of rotatable bonds is 18. The number of nitrogens with one attached hydrogen (secondary N) is 3. The predicted octanol–water partition coefficient (Wildman–Crippen LogP) is -1.02. The maximum Gasteiger partial charge on any atom is 0.326 e. The van der Waals surface area contributed by atoms with Crippen LogP contribution in [0.25, 0.3) is 0 Å². The molecule has 4 unspecified atom stereocenters. The predicted molar refractivity (Wildman–Crippen MR) is 140 cm³/mol. The maximum absolute atomic E-state index is 13.0. The van der Waals surface area contributed by atoms with Crippen LogP contribution in [0.1, 0.15) is 37.7 Å². The van der Waals surface area contributed by atoms with Crippen LogP contribution >= 0.6 is 11.8 Å². The first-order chi connectivity index (χ1) is 17.9. The van der Waals surface area contributed by atoms with Crippen molar-refractivity contribution < 1.29 is 39.0 Å². The van der Waals surface area contributed by atoms with E-state index in [0.29, 0.717) is 11.3 Å². The second-order valence-electron chi connectivity index (χ2n) is 8.54. The first-order valence-electron chi connectivity index (χ1n) is 11.9. The van der Waals surface area contributed by atoms with Gasteiger partial charge in [-0.1, -0.05) is 30.3 Å². The summed E-state index contributed by atoms with van der Waals surface area (Å²) in [6, 6.07) is 3.76. The summed E-state index contributed by atoms with van der Waals surface area (Å²) in [4.78, 5) is 72.3. The highest BCUT2D eigenvalue weighted by Gasteiger charge is 2.30. The number of benzene rings is 1. The van der Waals surface area contributed by atoms with E-state index < -0.39 is 66.2 Å². The lowest BCUT2D eigenvalue weighted by Gasteiger charge is -2.25. The third kappa shape index (κ3) is 12.5. The van der Waals surface area contributed by atoms with Gasteiger partial charge in [-0.05, 0) is 36.8 Å². The molecule has 4 atom stereocenters. The summed E-state index contributed by atoms with van der Waals surface area (Å²) >= 11 is 1.40. The van der Waals surface area contributed by atoms with Gasteiger partial charge in [0.2, 0.25) is 23.6 Å². The van der Waals surface area contributed by atoms with E-state index in [9.17, 15) is 33.9 Å². The van der Waals surface area contributed by atoms with Crippen molar-refractivity contribution >= 4 is 47.3 Å². The molecule has 0 bridgehead atoms. The van der Waals surface area contributed by atoms with Crippen molar-refractivity contribution in [3.8, 4) is 0 Å². The van der Waals surface area contributed by atoms with Crippen LogP contribution in [0.5, 0.6) is 0 Å². The number of primary amides is 1. The van der Waals surface area contributed by atoms with Crippen molar-refractivity contribution in [1.29, 1.82) is 0 Å². The Morgan fingerprint density at radius 2 is 1.37 bits per heavy atom. The number of carboxylic acid groups (broad SMARTS) is 2. The fraction of sp³-hybridized carbons (Fsp3) is 0.500. The standard InChI is InChI=1S/C24H35N5O8S/c1-38-12-11-17(23(35)29-18(24(36)37)13-14-5-3-2-4-6-14)28-22(34)16(8-10-20(31)32)27-21(33)15(25)7-9-19(26)30/h2-6,15-18H,7-13,25H2,1H3,(H2,26,30)(H,27,33)(H,28,34)(H,29,35)(H,31,32)(H,36,37). The normalized spacial score (nSPS) is 13.8. The molecule has 9 N–H and O–H groups in total. The third-order valence-corrected chi connectivity index (χ3v) is 6.10. The number of carbonyl (C=O) groups is 6. The van der Waals surface area contributed by atoms with E-state index in [1.54, 1.807) is 36.6 Å². The highest BCUT2D eigenvalue weighted by molar-refractivity contribution is 7.98. The molecule has 4 amide bonds. The minimum atomic E-state index is -1.35. The maximum atomic E-state index is 13.0. The molecule has 13 nitrogen and oxygen atoms in total. The lowest BCUT2D eigenvalue weighted by Crippen LogP contribution is -2.57. The topological polar surface area (TPSA) is 231 Å². The number of hydrogen-bond acceptors (Lipinski definition) is 8. The Bertz CT molecular complexity index is 978. The smallest absolute Gasteiger partial charge is 0.326 e. The summed E-state index contributed by atoms with van der Waals surface area (Å²) in [6.45, 7) is 0. The Morgan fingerprint density at radius 1 is 0.816 bits per heavy atom. The SMILES string of the molecule is CSCCC(NC(=O)C(CCC(=O)O)NC(=O)C(N)CCC(N)=O)C(=O)NC(Cc1ccccc1)C(=O)O. The monoisotopic (exact) mass is 553 g/mol. The minimum Gasteiger partial charge on any atom is -0.481 e. The van der Waals surface area contributed by atoms with Gasteiger partial charge in [-0.3, -0.25) is 24.0 Å². The molecule has 0 fully saturated rings.